The first-order valence-electron chi connectivity index (χ1n) is 10.1. The number of rotatable bonds is 8. The van der Waals surface area contributed by atoms with Crippen molar-refractivity contribution in [2.24, 2.45) is 0 Å². The van der Waals surface area contributed by atoms with Crippen molar-refractivity contribution < 1.29 is 22.7 Å². The number of esters is 1. The van der Waals surface area contributed by atoms with Gasteiger partial charge in [0.05, 0.1) is 33.5 Å². The zero-order valence-electron chi connectivity index (χ0n) is 18.1. The third-order valence-corrected chi connectivity index (χ3v) is 6.81. The van der Waals surface area contributed by atoms with Gasteiger partial charge < -0.3 is 10.1 Å². The number of aryl methyl sites for hydroxylation is 1. The number of halogens is 1. The SMILES string of the molecule is CCOC(=O)c1ccccc1NC(=O)CN(c1ccccc1Cl)S(=O)(=O)c1ccc(C)cc1. The van der Waals surface area contributed by atoms with Crippen LogP contribution < -0.4 is 9.62 Å². The highest BCUT2D eigenvalue weighted by Gasteiger charge is 2.29. The number of carbonyl (C=O) groups is 2. The van der Waals surface area contributed by atoms with Crippen molar-refractivity contribution in [3.63, 3.8) is 0 Å². The van der Waals surface area contributed by atoms with Gasteiger partial charge in [-0.2, -0.15) is 0 Å². The van der Waals surface area contributed by atoms with Gasteiger partial charge in [-0.25, -0.2) is 13.2 Å². The molecule has 33 heavy (non-hydrogen) atoms. The third-order valence-electron chi connectivity index (χ3n) is 4.71. The molecule has 9 heteroatoms. The van der Waals surface area contributed by atoms with Crippen LogP contribution in [0.1, 0.15) is 22.8 Å². The van der Waals surface area contributed by atoms with E-state index in [1.807, 2.05) is 6.92 Å². The Balaban J connectivity index is 1.95. The first kappa shape index (κ1) is 24.3. The summed E-state index contributed by atoms with van der Waals surface area (Å²) in [7, 11) is -4.12. The molecule has 3 aromatic carbocycles. The van der Waals surface area contributed by atoms with Crippen LogP contribution in [0.15, 0.2) is 77.7 Å². The molecule has 0 fully saturated rings. The molecule has 0 saturated carbocycles. The fourth-order valence-corrected chi connectivity index (χ4v) is 4.82. The average Bonchev–Trinajstić information content (AvgIpc) is 2.79. The summed E-state index contributed by atoms with van der Waals surface area (Å²) in [6, 6.07) is 19.0. The molecular formula is C24H23ClN2O5S. The lowest BCUT2D eigenvalue weighted by atomic mass is 10.2. The van der Waals surface area contributed by atoms with Crippen molar-refractivity contribution in [1.29, 1.82) is 0 Å². The van der Waals surface area contributed by atoms with Crippen LogP contribution in [0.3, 0.4) is 0 Å². The Morgan fingerprint density at radius 3 is 2.27 bits per heavy atom. The topological polar surface area (TPSA) is 92.8 Å². The van der Waals surface area contributed by atoms with Crippen molar-refractivity contribution in [2.75, 3.05) is 22.8 Å². The smallest absolute Gasteiger partial charge is 0.340 e. The molecule has 0 spiro atoms. The van der Waals surface area contributed by atoms with Crippen LogP contribution in [0.5, 0.6) is 0 Å². The molecule has 0 bridgehead atoms. The van der Waals surface area contributed by atoms with Gasteiger partial charge in [0.15, 0.2) is 0 Å². The van der Waals surface area contributed by atoms with Crippen LogP contribution in [0.25, 0.3) is 0 Å². The maximum atomic E-state index is 13.5. The van der Waals surface area contributed by atoms with E-state index in [1.165, 1.54) is 24.3 Å². The number of nitrogens with zero attached hydrogens (tertiary/aromatic N) is 1. The highest BCUT2D eigenvalue weighted by atomic mass is 35.5. The van der Waals surface area contributed by atoms with Crippen LogP contribution in [0.4, 0.5) is 11.4 Å². The maximum Gasteiger partial charge on any atom is 0.340 e. The Bertz CT molecular complexity index is 1260. The summed E-state index contributed by atoms with van der Waals surface area (Å²) < 4.78 is 32.9. The molecular weight excluding hydrogens is 464 g/mol. The summed E-state index contributed by atoms with van der Waals surface area (Å²) in [4.78, 5) is 25.2. The Hall–Kier alpha value is -3.36. The van der Waals surface area contributed by atoms with Gasteiger partial charge in [-0.05, 0) is 50.2 Å². The number of ether oxygens (including phenoxy) is 1. The summed E-state index contributed by atoms with van der Waals surface area (Å²) in [6.45, 7) is 3.14. The number of carbonyl (C=O) groups excluding carboxylic acids is 2. The molecule has 0 saturated heterocycles. The molecule has 1 N–H and O–H groups in total. The maximum absolute atomic E-state index is 13.5. The Labute approximate surface area is 198 Å². The summed E-state index contributed by atoms with van der Waals surface area (Å²) >= 11 is 6.28. The standard InChI is InChI=1S/C24H23ClN2O5S/c1-3-32-24(29)19-8-4-6-10-21(19)26-23(28)16-27(22-11-7-5-9-20(22)25)33(30,31)18-14-12-17(2)13-15-18/h4-15H,3,16H2,1-2H3,(H,26,28). The molecule has 0 atom stereocenters. The van der Waals surface area contributed by atoms with Crippen molar-refractivity contribution in [2.45, 2.75) is 18.7 Å². The number of benzene rings is 3. The second-order valence-electron chi connectivity index (χ2n) is 7.09. The van der Waals surface area contributed by atoms with E-state index in [4.69, 9.17) is 16.3 Å². The average molecular weight is 487 g/mol. The zero-order chi connectivity index (χ0) is 24.0. The first-order valence-corrected chi connectivity index (χ1v) is 12.0. The minimum Gasteiger partial charge on any atom is -0.462 e. The number of hydrogen-bond acceptors (Lipinski definition) is 5. The predicted octanol–water partition coefficient (Wildman–Crippen LogP) is 4.66. The molecule has 0 unspecified atom stereocenters. The zero-order valence-corrected chi connectivity index (χ0v) is 19.7. The van der Waals surface area contributed by atoms with Crippen molar-refractivity contribution in [3.05, 3.63) is 88.9 Å². The highest BCUT2D eigenvalue weighted by molar-refractivity contribution is 7.92. The molecule has 3 aromatic rings. The second-order valence-corrected chi connectivity index (χ2v) is 9.36. The largest absolute Gasteiger partial charge is 0.462 e. The summed E-state index contributed by atoms with van der Waals surface area (Å²) in [5.41, 5.74) is 1.44. The summed E-state index contributed by atoms with van der Waals surface area (Å²) in [6.07, 6.45) is 0. The third kappa shape index (κ3) is 5.71. The molecule has 1 amide bonds. The molecule has 0 aromatic heterocycles. The van der Waals surface area contributed by atoms with Crippen LogP contribution in [0.2, 0.25) is 5.02 Å². The van der Waals surface area contributed by atoms with Gasteiger partial charge in [0.2, 0.25) is 5.91 Å². The van der Waals surface area contributed by atoms with Crippen molar-refractivity contribution in [1.82, 2.24) is 0 Å². The number of amides is 1. The lowest BCUT2D eigenvalue weighted by molar-refractivity contribution is -0.114. The molecule has 0 aliphatic rings. The van der Waals surface area contributed by atoms with Gasteiger partial charge in [0, 0.05) is 0 Å². The van der Waals surface area contributed by atoms with Crippen LogP contribution in [0, 0.1) is 6.92 Å². The van der Waals surface area contributed by atoms with Gasteiger partial charge in [-0.3, -0.25) is 9.10 Å². The van der Waals surface area contributed by atoms with Crippen molar-refractivity contribution >= 4 is 44.9 Å². The van der Waals surface area contributed by atoms with Gasteiger partial charge in [-0.15, -0.1) is 0 Å². The summed E-state index contributed by atoms with van der Waals surface area (Å²) in [5, 5.41) is 2.79. The molecule has 7 nitrogen and oxygen atoms in total. The van der Waals surface area contributed by atoms with Gasteiger partial charge in [-0.1, -0.05) is 53.6 Å². The van der Waals surface area contributed by atoms with Crippen LogP contribution in [-0.2, 0) is 19.6 Å². The van der Waals surface area contributed by atoms with E-state index in [0.717, 1.165) is 9.87 Å². The molecule has 0 heterocycles. The van der Waals surface area contributed by atoms with Gasteiger partial charge in [0.1, 0.15) is 6.54 Å². The highest BCUT2D eigenvalue weighted by Crippen LogP contribution is 2.30. The van der Waals surface area contributed by atoms with E-state index in [9.17, 15) is 18.0 Å². The minimum atomic E-state index is -4.12. The Morgan fingerprint density at radius 1 is 0.970 bits per heavy atom. The van der Waals surface area contributed by atoms with Crippen molar-refractivity contribution in [3.8, 4) is 0 Å². The van der Waals surface area contributed by atoms with Crippen LogP contribution >= 0.6 is 11.6 Å². The fourth-order valence-electron chi connectivity index (χ4n) is 3.09. The van der Waals surface area contributed by atoms with E-state index in [-0.39, 0.29) is 33.5 Å². The second kappa shape index (κ2) is 10.5. The fraction of sp³-hybridized carbons (Fsp3) is 0.167. The van der Waals surface area contributed by atoms with Gasteiger partial charge in [0.25, 0.3) is 10.0 Å². The molecule has 0 aliphatic carbocycles. The summed E-state index contributed by atoms with van der Waals surface area (Å²) in [5.74, 6) is -1.24. The lowest BCUT2D eigenvalue weighted by Crippen LogP contribution is -2.38. The van der Waals surface area contributed by atoms with E-state index < -0.39 is 28.4 Å². The Morgan fingerprint density at radius 2 is 1.61 bits per heavy atom. The number of sulfonamides is 1. The first-order chi connectivity index (χ1) is 15.7. The number of hydrogen-bond donors (Lipinski definition) is 1. The molecule has 0 aliphatic heterocycles. The predicted molar refractivity (Wildman–Crippen MR) is 128 cm³/mol. The van der Waals surface area contributed by atoms with E-state index >= 15 is 0 Å². The quantitative estimate of drug-likeness (QED) is 0.467. The molecule has 3 rings (SSSR count). The normalized spacial score (nSPS) is 11.0. The van der Waals surface area contributed by atoms with Gasteiger partial charge >= 0.3 is 5.97 Å². The number of para-hydroxylation sites is 2. The van der Waals surface area contributed by atoms with E-state index in [2.05, 4.69) is 5.32 Å². The number of anilines is 2. The Kier molecular flexibility index (Phi) is 7.73. The minimum absolute atomic E-state index is 0.0211. The molecule has 0 radical (unpaired) electrons. The monoisotopic (exact) mass is 486 g/mol. The number of nitrogens with one attached hydrogen (secondary N) is 1. The van der Waals surface area contributed by atoms with Crippen LogP contribution in [-0.4, -0.2) is 33.4 Å². The lowest BCUT2D eigenvalue weighted by Gasteiger charge is -2.25. The van der Waals surface area contributed by atoms with E-state index in [1.54, 1.807) is 55.5 Å². The molecule has 172 valence electrons. The van der Waals surface area contributed by atoms with E-state index in [0.29, 0.717) is 0 Å².